The van der Waals surface area contributed by atoms with Crippen LogP contribution in [0.1, 0.15) is 24.0 Å². The van der Waals surface area contributed by atoms with Crippen LogP contribution < -0.4 is 0 Å². The highest BCUT2D eigenvalue weighted by Crippen LogP contribution is 2.29. The molecule has 0 spiro atoms. The number of aromatic nitrogens is 1. The molecule has 1 saturated heterocycles. The Labute approximate surface area is 159 Å². The largest absolute Gasteiger partial charge is 0.361 e. The maximum atomic E-state index is 13.5. The maximum absolute atomic E-state index is 13.5. The number of sulfonamides is 1. The lowest BCUT2D eigenvalue weighted by atomic mass is 9.91. The average Bonchev–Trinajstić information content (AvgIpc) is 3.07. The van der Waals surface area contributed by atoms with Crippen LogP contribution in [0.2, 0.25) is 0 Å². The first-order valence-electron chi connectivity index (χ1n) is 9.26. The van der Waals surface area contributed by atoms with E-state index >= 15 is 0 Å². The number of aryl methyl sites for hydroxylation is 1. The molecule has 4 rings (SSSR count). The third-order valence-electron chi connectivity index (χ3n) is 5.52. The first-order chi connectivity index (χ1) is 12.9. The van der Waals surface area contributed by atoms with Crippen LogP contribution in [0.5, 0.6) is 0 Å². The van der Waals surface area contributed by atoms with Gasteiger partial charge in [-0.3, -0.25) is 0 Å². The van der Waals surface area contributed by atoms with Gasteiger partial charge in [-0.25, -0.2) is 12.8 Å². The molecule has 1 aliphatic rings. The molecule has 0 radical (unpaired) electrons. The van der Waals surface area contributed by atoms with Gasteiger partial charge < -0.3 is 4.98 Å². The highest BCUT2D eigenvalue weighted by Gasteiger charge is 2.30. The van der Waals surface area contributed by atoms with Crippen molar-refractivity contribution in [3.63, 3.8) is 0 Å². The van der Waals surface area contributed by atoms with Crippen molar-refractivity contribution in [3.05, 3.63) is 65.6 Å². The number of benzene rings is 2. The van der Waals surface area contributed by atoms with E-state index in [1.807, 2.05) is 12.1 Å². The molecule has 2 heterocycles. The van der Waals surface area contributed by atoms with Crippen molar-refractivity contribution < 1.29 is 12.8 Å². The molecule has 1 N–H and O–H groups in total. The Balaban J connectivity index is 1.44. The molecule has 3 aromatic rings. The van der Waals surface area contributed by atoms with Crippen LogP contribution in [-0.4, -0.2) is 30.8 Å². The molecule has 142 valence electrons. The van der Waals surface area contributed by atoms with E-state index in [9.17, 15) is 12.8 Å². The van der Waals surface area contributed by atoms with Crippen molar-refractivity contribution in [1.82, 2.24) is 9.29 Å². The Morgan fingerprint density at radius 3 is 2.63 bits per heavy atom. The molecular formula is C21H23FN2O2S. The van der Waals surface area contributed by atoms with Crippen molar-refractivity contribution in [2.45, 2.75) is 31.1 Å². The number of para-hydroxylation sites is 1. The lowest BCUT2D eigenvalue weighted by Gasteiger charge is -2.31. The molecule has 0 amide bonds. The summed E-state index contributed by atoms with van der Waals surface area (Å²) in [7, 11) is -3.56. The van der Waals surface area contributed by atoms with Crippen molar-refractivity contribution in [3.8, 4) is 0 Å². The van der Waals surface area contributed by atoms with E-state index in [1.54, 1.807) is 6.92 Å². The zero-order valence-corrected chi connectivity index (χ0v) is 16.1. The Morgan fingerprint density at radius 1 is 1.15 bits per heavy atom. The number of aromatic amines is 1. The van der Waals surface area contributed by atoms with Crippen LogP contribution in [-0.2, 0) is 16.4 Å². The van der Waals surface area contributed by atoms with Crippen molar-refractivity contribution >= 4 is 20.9 Å². The fourth-order valence-corrected chi connectivity index (χ4v) is 5.45. The van der Waals surface area contributed by atoms with E-state index in [0.717, 1.165) is 24.8 Å². The van der Waals surface area contributed by atoms with Crippen LogP contribution in [0.25, 0.3) is 10.9 Å². The van der Waals surface area contributed by atoms with Gasteiger partial charge in [0.2, 0.25) is 10.0 Å². The number of H-pyrrole nitrogens is 1. The number of rotatable bonds is 4. The zero-order chi connectivity index (χ0) is 19.0. The molecule has 0 saturated carbocycles. The topological polar surface area (TPSA) is 53.2 Å². The van der Waals surface area contributed by atoms with Crippen LogP contribution in [0.15, 0.2) is 53.6 Å². The highest BCUT2D eigenvalue weighted by atomic mass is 32.2. The minimum absolute atomic E-state index is 0.177. The minimum Gasteiger partial charge on any atom is -0.361 e. The quantitative estimate of drug-likeness (QED) is 0.728. The predicted molar refractivity (Wildman–Crippen MR) is 105 cm³/mol. The molecule has 4 nitrogen and oxygen atoms in total. The smallest absolute Gasteiger partial charge is 0.243 e. The Kier molecular flexibility index (Phi) is 4.78. The molecule has 1 aromatic heterocycles. The summed E-state index contributed by atoms with van der Waals surface area (Å²) >= 11 is 0. The summed E-state index contributed by atoms with van der Waals surface area (Å²) < 4.78 is 40.7. The van der Waals surface area contributed by atoms with Crippen molar-refractivity contribution in [2.24, 2.45) is 5.92 Å². The molecule has 0 unspecified atom stereocenters. The van der Waals surface area contributed by atoms with E-state index in [4.69, 9.17) is 0 Å². The maximum Gasteiger partial charge on any atom is 0.243 e. The van der Waals surface area contributed by atoms with Crippen molar-refractivity contribution in [2.75, 3.05) is 13.1 Å². The summed E-state index contributed by atoms with van der Waals surface area (Å²) in [5.74, 6) is 0.0806. The standard InChI is InChI=1S/C21H23FN2O2S/c1-15-12-18(6-7-20(15)22)27(25,26)24-10-8-16(9-11-24)13-17-14-23-21-5-3-2-4-19(17)21/h2-7,12,14,16,23H,8-11,13H2,1H3. The summed E-state index contributed by atoms with van der Waals surface area (Å²) in [4.78, 5) is 3.48. The van der Waals surface area contributed by atoms with Gasteiger partial charge in [0.15, 0.2) is 0 Å². The Hall–Kier alpha value is -2.18. The molecule has 27 heavy (non-hydrogen) atoms. The first-order valence-corrected chi connectivity index (χ1v) is 10.7. The lowest BCUT2D eigenvalue weighted by molar-refractivity contribution is 0.273. The second-order valence-electron chi connectivity index (χ2n) is 7.32. The molecule has 0 bridgehead atoms. The molecule has 1 fully saturated rings. The monoisotopic (exact) mass is 386 g/mol. The Bertz CT molecular complexity index is 1070. The van der Waals surface area contributed by atoms with Gasteiger partial charge in [0.25, 0.3) is 0 Å². The summed E-state index contributed by atoms with van der Waals surface area (Å²) in [6.45, 7) is 2.60. The lowest BCUT2D eigenvalue weighted by Crippen LogP contribution is -2.38. The van der Waals surface area contributed by atoms with Gasteiger partial charge in [-0.2, -0.15) is 4.31 Å². The van der Waals surface area contributed by atoms with Gasteiger partial charge in [0, 0.05) is 30.2 Å². The summed E-state index contributed by atoms with van der Waals surface area (Å²) in [6.07, 6.45) is 4.68. The van der Waals surface area contributed by atoms with Crippen LogP contribution in [0.3, 0.4) is 0 Å². The van der Waals surface area contributed by atoms with E-state index in [-0.39, 0.29) is 10.7 Å². The SMILES string of the molecule is Cc1cc(S(=O)(=O)N2CCC(Cc3c[nH]c4ccccc34)CC2)ccc1F. The van der Waals surface area contributed by atoms with Crippen LogP contribution in [0, 0.1) is 18.7 Å². The van der Waals surface area contributed by atoms with Gasteiger partial charge in [0.05, 0.1) is 4.90 Å². The molecular weight excluding hydrogens is 363 g/mol. The molecule has 1 aliphatic heterocycles. The highest BCUT2D eigenvalue weighted by molar-refractivity contribution is 7.89. The summed E-state index contributed by atoms with van der Waals surface area (Å²) in [6, 6.07) is 12.3. The van der Waals surface area contributed by atoms with E-state index in [2.05, 4.69) is 23.3 Å². The predicted octanol–water partition coefficient (Wildman–Crippen LogP) is 4.26. The second-order valence-corrected chi connectivity index (χ2v) is 9.26. The van der Waals surface area contributed by atoms with Crippen molar-refractivity contribution in [1.29, 1.82) is 0 Å². The molecule has 6 heteroatoms. The fraction of sp³-hybridized carbons (Fsp3) is 0.333. The zero-order valence-electron chi connectivity index (χ0n) is 15.3. The minimum atomic E-state index is -3.56. The molecule has 2 aromatic carbocycles. The normalized spacial score (nSPS) is 16.8. The van der Waals surface area contributed by atoms with E-state index in [1.165, 1.54) is 33.5 Å². The summed E-state index contributed by atoms with van der Waals surface area (Å²) in [5.41, 5.74) is 2.78. The van der Waals surface area contributed by atoms with E-state index in [0.29, 0.717) is 24.6 Å². The molecule has 0 aliphatic carbocycles. The van der Waals surface area contributed by atoms with E-state index < -0.39 is 10.0 Å². The summed E-state index contributed by atoms with van der Waals surface area (Å²) in [5, 5.41) is 1.24. The van der Waals surface area contributed by atoms with Crippen LogP contribution >= 0.6 is 0 Å². The first kappa shape index (κ1) is 18.2. The second kappa shape index (κ2) is 7.09. The van der Waals surface area contributed by atoms with Gasteiger partial charge in [0.1, 0.15) is 5.82 Å². The number of nitrogens with zero attached hydrogens (tertiary/aromatic N) is 1. The number of hydrogen-bond donors (Lipinski definition) is 1. The number of nitrogens with one attached hydrogen (secondary N) is 1. The number of piperidine rings is 1. The number of fused-ring (bicyclic) bond motifs is 1. The Morgan fingerprint density at radius 2 is 1.89 bits per heavy atom. The van der Waals surface area contributed by atoms with Gasteiger partial charge in [-0.15, -0.1) is 0 Å². The van der Waals surface area contributed by atoms with Gasteiger partial charge >= 0.3 is 0 Å². The van der Waals surface area contributed by atoms with Crippen LogP contribution in [0.4, 0.5) is 4.39 Å². The van der Waals surface area contributed by atoms with Gasteiger partial charge in [-0.05, 0) is 67.5 Å². The average molecular weight is 386 g/mol. The van der Waals surface area contributed by atoms with Gasteiger partial charge in [-0.1, -0.05) is 18.2 Å². The third kappa shape index (κ3) is 3.51. The number of hydrogen-bond acceptors (Lipinski definition) is 2. The number of halogens is 1. The molecule has 0 atom stereocenters. The third-order valence-corrected chi connectivity index (χ3v) is 7.42. The fourth-order valence-electron chi connectivity index (χ4n) is 3.89.